The van der Waals surface area contributed by atoms with E-state index in [0.29, 0.717) is 5.02 Å². The molecule has 122 valence electrons. The van der Waals surface area contributed by atoms with Crippen LogP contribution < -0.4 is 5.32 Å². The molecule has 5 nitrogen and oxygen atoms in total. The second kappa shape index (κ2) is 6.22. The molecular weight excluding hydrogens is 358 g/mol. The third kappa shape index (κ3) is 2.98. The predicted molar refractivity (Wildman–Crippen MR) is 86.9 cm³/mol. The standard InChI is InChI=1S/C16H9Cl2FN2O3/c17-8-1-3-10-11(5-8)16(24)21(15(10)23)7-14(22)20-9-2-4-13(19)12(18)6-9/h1-6H,7H2,(H,20,22). The Labute approximate surface area is 146 Å². The van der Waals surface area contributed by atoms with Crippen LogP contribution in [0, 0.1) is 5.82 Å². The van der Waals surface area contributed by atoms with Gasteiger partial charge in [0.15, 0.2) is 0 Å². The number of anilines is 1. The van der Waals surface area contributed by atoms with E-state index in [1.807, 2.05) is 0 Å². The lowest BCUT2D eigenvalue weighted by Gasteiger charge is -2.13. The van der Waals surface area contributed by atoms with E-state index in [4.69, 9.17) is 23.2 Å². The summed E-state index contributed by atoms with van der Waals surface area (Å²) in [5, 5.41) is 2.63. The molecule has 0 aliphatic carbocycles. The summed E-state index contributed by atoms with van der Waals surface area (Å²) in [5.41, 5.74) is 0.609. The molecule has 1 heterocycles. The first-order valence-corrected chi connectivity index (χ1v) is 7.53. The lowest BCUT2D eigenvalue weighted by molar-refractivity contribution is -0.116. The maximum Gasteiger partial charge on any atom is 0.262 e. The third-order valence-corrected chi connectivity index (χ3v) is 3.96. The average Bonchev–Trinajstić information content (AvgIpc) is 2.75. The first-order chi connectivity index (χ1) is 11.4. The molecule has 0 aromatic heterocycles. The summed E-state index contributed by atoms with van der Waals surface area (Å²) in [4.78, 5) is 37.3. The monoisotopic (exact) mass is 366 g/mol. The fraction of sp³-hybridized carbons (Fsp3) is 0.0625. The van der Waals surface area contributed by atoms with Gasteiger partial charge < -0.3 is 5.32 Å². The summed E-state index contributed by atoms with van der Waals surface area (Å²) in [6.07, 6.45) is 0. The van der Waals surface area contributed by atoms with Gasteiger partial charge in [-0.2, -0.15) is 0 Å². The number of carbonyl (C=O) groups is 3. The van der Waals surface area contributed by atoms with Gasteiger partial charge >= 0.3 is 0 Å². The minimum Gasteiger partial charge on any atom is -0.324 e. The number of hydrogen-bond donors (Lipinski definition) is 1. The summed E-state index contributed by atoms with van der Waals surface area (Å²) in [6.45, 7) is -0.473. The summed E-state index contributed by atoms with van der Waals surface area (Å²) >= 11 is 11.5. The Morgan fingerprint density at radius 1 is 1.04 bits per heavy atom. The van der Waals surface area contributed by atoms with E-state index in [9.17, 15) is 18.8 Å². The summed E-state index contributed by atoms with van der Waals surface area (Å²) in [5.74, 6) is -2.39. The Morgan fingerprint density at radius 3 is 2.46 bits per heavy atom. The topological polar surface area (TPSA) is 66.5 Å². The smallest absolute Gasteiger partial charge is 0.262 e. The Morgan fingerprint density at radius 2 is 1.75 bits per heavy atom. The second-order valence-corrected chi connectivity index (χ2v) is 5.91. The Balaban J connectivity index is 1.74. The molecular formula is C16H9Cl2FN2O3. The Bertz CT molecular complexity index is 886. The fourth-order valence-electron chi connectivity index (χ4n) is 2.32. The number of carbonyl (C=O) groups excluding carboxylic acids is 3. The third-order valence-electron chi connectivity index (χ3n) is 3.44. The number of imide groups is 1. The van der Waals surface area contributed by atoms with E-state index >= 15 is 0 Å². The Kier molecular flexibility index (Phi) is 4.26. The van der Waals surface area contributed by atoms with E-state index in [0.717, 1.165) is 11.0 Å². The summed E-state index contributed by atoms with van der Waals surface area (Å²) in [7, 11) is 0. The SMILES string of the molecule is O=C(CN1C(=O)c2ccc(Cl)cc2C1=O)Nc1ccc(F)c(Cl)c1. The highest BCUT2D eigenvalue weighted by atomic mass is 35.5. The van der Waals surface area contributed by atoms with Crippen LogP contribution in [0.5, 0.6) is 0 Å². The molecule has 1 N–H and O–H groups in total. The van der Waals surface area contributed by atoms with Crippen LogP contribution in [-0.2, 0) is 4.79 Å². The minimum absolute atomic E-state index is 0.150. The molecule has 24 heavy (non-hydrogen) atoms. The van der Waals surface area contributed by atoms with E-state index in [1.54, 1.807) is 0 Å². The average molecular weight is 367 g/mol. The highest BCUT2D eigenvalue weighted by Gasteiger charge is 2.36. The van der Waals surface area contributed by atoms with E-state index in [1.165, 1.54) is 30.3 Å². The molecule has 8 heteroatoms. The molecule has 0 bridgehead atoms. The van der Waals surface area contributed by atoms with Crippen molar-refractivity contribution in [3.8, 4) is 0 Å². The molecule has 3 amide bonds. The largest absolute Gasteiger partial charge is 0.324 e. The van der Waals surface area contributed by atoms with Gasteiger partial charge in [0.2, 0.25) is 5.91 Å². The molecule has 2 aromatic rings. The number of hydrogen-bond acceptors (Lipinski definition) is 3. The van der Waals surface area contributed by atoms with Crippen molar-refractivity contribution in [3.63, 3.8) is 0 Å². The molecule has 3 rings (SSSR count). The van der Waals surface area contributed by atoms with Gasteiger partial charge in [-0.15, -0.1) is 0 Å². The number of nitrogens with one attached hydrogen (secondary N) is 1. The van der Waals surface area contributed by atoms with E-state index in [2.05, 4.69) is 5.32 Å². The summed E-state index contributed by atoms with van der Waals surface area (Å²) < 4.78 is 13.1. The minimum atomic E-state index is -0.619. The normalized spacial score (nSPS) is 13.2. The molecule has 0 fully saturated rings. The second-order valence-electron chi connectivity index (χ2n) is 5.06. The molecule has 1 aliphatic heterocycles. The zero-order valence-electron chi connectivity index (χ0n) is 12.0. The van der Waals surface area contributed by atoms with Crippen molar-refractivity contribution < 1.29 is 18.8 Å². The van der Waals surface area contributed by atoms with Crippen molar-refractivity contribution in [3.05, 3.63) is 63.4 Å². The van der Waals surface area contributed by atoms with Gasteiger partial charge in [-0.1, -0.05) is 23.2 Å². The maximum atomic E-state index is 13.1. The summed E-state index contributed by atoms with van der Waals surface area (Å²) in [6, 6.07) is 7.97. The van der Waals surface area contributed by atoms with Crippen molar-refractivity contribution in [2.24, 2.45) is 0 Å². The van der Waals surface area contributed by atoms with Crippen LogP contribution in [0.15, 0.2) is 36.4 Å². The van der Waals surface area contributed by atoms with Crippen LogP contribution in [0.2, 0.25) is 10.0 Å². The lowest BCUT2D eigenvalue weighted by atomic mass is 10.1. The molecule has 2 aromatic carbocycles. The zero-order valence-corrected chi connectivity index (χ0v) is 13.5. The van der Waals surface area contributed by atoms with Crippen molar-refractivity contribution >= 4 is 46.6 Å². The van der Waals surface area contributed by atoms with Gasteiger partial charge in [0, 0.05) is 10.7 Å². The number of fused-ring (bicyclic) bond motifs is 1. The van der Waals surface area contributed by atoms with Crippen molar-refractivity contribution in [1.82, 2.24) is 4.90 Å². The van der Waals surface area contributed by atoms with Crippen LogP contribution in [-0.4, -0.2) is 29.2 Å². The lowest BCUT2D eigenvalue weighted by Crippen LogP contribution is -2.37. The highest BCUT2D eigenvalue weighted by Crippen LogP contribution is 2.26. The number of amides is 3. The van der Waals surface area contributed by atoms with Gasteiger partial charge in [0.25, 0.3) is 11.8 Å². The van der Waals surface area contributed by atoms with Gasteiger partial charge in [0.1, 0.15) is 12.4 Å². The van der Waals surface area contributed by atoms with Crippen molar-refractivity contribution in [2.75, 3.05) is 11.9 Å². The van der Waals surface area contributed by atoms with Crippen LogP contribution in [0.25, 0.3) is 0 Å². The van der Waals surface area contributed by atoms with E-state index in [-0.39, 0.29) is 21.8 Å². The number of rotatable bonds is 3. The van der Waals surface area contributed by atoms with Crippen LogP contribution >= 0.6 is 23.2 Å². The van der Waals surface area contributed by atoms with Gasteiger partial charge in [0.05, 0.1) is 16.1 Å². The number of halogens is 3. The van der Waals surface area contributed by atoms with Crippen LogP contribution in [0.1, 0.15) is 20.7 Å². The molecule has 1 aliphatic rings. The Hall–Kier alpha value is -2.44. The molecule has 0 saturated carbocycles. The van der Waals surface area contributed by atoms with Crippen molar-refractivity contribution in [2.45, 2.75) is 0 Å². The molecule has 0 spiro atoms. The maximum absolute atomic E-state index is 13.1. The van der Waals surface area contributed by atoms with E-state index < -0.39 is 30.1 Å². The fourth-order valence-corrected chi connectivity index (χ4v) is 2.68. The van der Waals surface area contributed by atoms with Crippen LogP contribution in [0.3, 0.4) is 0 Å². The predicted octanol–water partition coefficient (Wildman–Crippen LogP) is 3.37. The van der Waals surface area contributed by atoms with Crippen molar-refractivity contribution in [1.29, 1.82) is 0 Å². The van der Waals surface area contributed by atoms with Gasteiger partial charge in [-0.3, -0.25) is 19.3 Å². The molecule has 0 saturated heterocycles. The first-order valence-electron chi connectivity index (χ1n) is 6.77. The molecule has 0 radical (unpaired) electrons. The number of benzene rings is 2. The van der Waals surface area contributed by atoms with Gasteiger partial charge in [-0.25, -0.2) is 4.39 Å². The van der Waals surface area contributed by atoms with Gasteiger partial charge in [-0.05, 0) is 36.4 Å². The first kappa shape index (κ1) is 16.4. The number of nitrogens with zero attached hydrogens (tertiary/aromatic N) is 1. The molecule has 0 unspecified atom stereocenters. The quantitative estimate of drug-likeness (QED) is 0.846. The molecule has 0 atom stereocenters. The van der Waals surface area contributed by atoms with Crippen LogP contribution in [0.4, 0.5) is 10.1 Å². The highest BCUT2D eigenvalue weighted by molar-refractivity contribution is 6.32. The zero-order chi connectivity index (χ0) is 17.4.